The number of amides is 1. The number of aromatic nitrogens is 2. The van der Waals surface area contributed by atoms with Gasteiger partial charge in [-0.05, 0) is 22.4 Å². The molecule has 1 saturated heterocycles. The topological polar surface area (TPSA) is 67.2 Å². The number of carbonyl (C=O) groups is 1. The Morgan fingerprint density at radius 1 is 1.60 bits per heavy atom. The minimum atomic E-state index is -0.270. The maximum Gasteiger partial charge on any atom is 0.284 e. The van der Waals surface area contributed by atoms with Gasteiger partial charge in [0.1, 0.15) is 11.0 Å². The molecule has 1 aromatic rings. The highest BCUT2D eigenvalue weighted by Gasteiger charge is 2.23. The van der Waals surface area contributed by atoms with Gasteiger partial charge in [-0.2, -0.15) is 5.10 Å². The molecule has 1 atom stereocenters. The number of carbonyl (C=O) groups excluding carboxylic acids is 1. The third-order valence-electron chi connectivity index (χ3n) is 3.21. The molecule has 1 N–H and O–H groups in total. The van der Waals surface area contributed by atoms with E-state index >= 15 is 0 Å². The number of likely N-dealkylation sites (tertiary alicyclic amines) is 1. The lowest BCUT2D eigenvalue weighted by molar-refractivity contribution is -0.132. The van der Waals surface area contributed by atoms with Gasteiger partial charge < -0.3 is 10.2 Å². The fraction of sp³-hybridized carbons (Fsp3) is 0.462. The van der Waals surface area contributed by atoms with Crippen LogP contribution in [0.3, 0.4) is 0 Å². The lowest BCUT2D eigenvalue weighted by Gasteiger charge is -2.30. The first-order chi connectivity index (χ1) is 9.52. The van der Waals surface area contributed by atoms with Gasteiger partial charge in [0, 0.05) is 26.1 Å². The van der Waals surface area contributed by atoms with Crippen molar-refractivity contribution in [3.63, 3.8) is 0 Å². The maximum absolute atomic E-state index is 12.0. The third kappa shape index (κ3) is 3.02. The Kier molecular flexibility index (Phi) is 4.45. The van der Waals surface area contributed by atoms with E-state index in [1.54, 1.807) is 18.1 Å². The molecule has 1 fully saturated rings. The molecule has 2 rings (SSSR count). The average Bonchev–Trinajstić information content (AvgIpc) is 2.42. The number of halogens is 1. The second kappa shape index (κ2) is 6.09. The zero-order valence-corrected chi connectivity index (χ0v) is 12.7. The van der Waals surface area contributed by atoms with Crippen LogP contribution in [0.25, 0.3) is 0 Å². The number of nitrogens with zero attached hydrogens (tertiary/aromatic N) is 3. The van der Waals surface area contributed by atoms with E-state index in [-0.39, 0.29) is 24.1 Å². The first-order valence-electron chi connectivity index (χ1n) is 6.22. The van der Waals surface area contributed by atoms with E-state index < -0.39 is 0 Å². The number of terminal acetylenes is 1. The van der Waals surface area contributed by atoms with Crippen LogP contribution < -0.4 is 10.9 Å². The summed E-state index contributed by atoms with van der Waals surface area (Å²) >= 11 is 3.27. The van der Waals surface area contributed by atoms with Crippen molar-refractivity contribution >= 4 is 27.5 Å². The molecule has 1 aliphatic heterocycles. The normalized spacial score (nSPS) is 18.8. The predicted molar refractivity (Wildman–Crippen MR) is 79.3 cm³/mol. The lowest BCUT2D eigenvalue weighted by Crippen LogP contribution is -2.43. The van der Waals surface area contributed by atoms with E-state index in [0.717, 1.165) is 6.42 Å². The van der Waals surface area contributed by atoms with Crippen LogP contribution in [0.1, 0.15) is 12.8 Å². The molecule has 1 aromatic heterocycles. The van der Waals surface area contributed by atoms with E-state index in [9.17, 15) is 9.59 Å². The molecule has 6 nitrogen and oxygen atoms in total. The van der Waals surface area contributed by atoms with Gasteiger partial charge in [0.15, 0.2) is 0 Å². The lowest BCUT2D eigenvalue weighted by atomic mass is 10.1. The van der Waals surface area contributed by atoms with Crippen LogP contribution in [0, 0.1) is 12.3 Å². The molecule has 2 heterocycles. The largest absolute Gasteiger partial charge is 0.378 e. The summed E-state index contributed by atoms with van der Waals surface area (Å²) in [5.41, 5.74) is 0.351. The first-order valence-corrected chi connectivity index (χ1v) is 7.01. The summed E-state index contributed by atoms with van der Waals surface area (Å²) in [6.45, 7) is 0.747. The smallest absolute Gasteiger partial charge is 0.284 e. The van der Waals surface area contributed by atoms with Gasteiger partial charge in [0.05, 0.1) is 11.9 Å². The highest BCUT2D eigenvalue weighted by atomic mass is 79.9. The van der Waals surface area contributed by atoms with Crippen LogP contribution in [0.4, 0.5) is 5.69 Å². The van der Waals surface area contributed by atoms with Crippen molar-refractivity contribution < 1.29 is 4.79 Å². The summed E-state index contributed by atoms with van der Waals surface area (Å²) in [6, 6.07) is 0.110. The quantitative estimate of drug-likeness (QED) is 0.822. The second-order valence-electron chi connectivity index (χ2n) is 4.69. The van der Waals surface area contributed by atoms with E-state index in [1.807, 2.05) is 0 Å². The molecule has 0 bridgehead atoms. The summed E-state index contributed by atoms with van der Waals surface area (Å²) in [5, 5.41) is 7.26. The van der Waals surface area contributed by atoms with E-state index in [4.69, 9.17) is 6.42 Å². The van der Waals surface area contributed by atoms with Crippen LogP contribution >= 0.6 is 15.9 Å². The Balaban J connectivity index is 2.15. The third-order valence-corrected chi connectivity index (χ3v) is 3.98. The van der Waals surface area contributed by atoms with Gasteiger partial charge in [0.2, 0.25) is 5.91 Å². The molecule has 20 heavy (non-hydrogen) atoms. The van der Waals surface area contributed by atoms with Crippen molar-refractivity contribution in [2.24, 2.45) is 0 Å². The Morgan fingerprint density at radius 3 is 3.00 bits per heavy atom. The molecule has 1 amide bonds. The van der Waals surface area contributed by atoms with Crippen molar-refractivity contribution in [1.82, 2.24) is 14.7 Å². The van der Waals surface area contributed by atoms with E-state index in [0.29, 0.717) is 23.1 Å². The fourth-order valence-corrected chi connectivity index (χ4v) is 2.54. The van der Waals surface area contributed by atoms with Crippen molar-refractivity contribution in [1.29, 1.82) is 0 Å². The van der Waals surface area contributed by atoms with Gasteiger partial charge in [0.25, 0.3) is 5.56 Å². The molecular formula is C13H15BrN4O2. The maximum atomic E-state index is 12.0. The minimum Gasteiger partial charge on any atom is -0.378 e. The molecule has 0 spiro atoms. The SMILES string of the molecule is C#CCn1ncc(NC2CCC(=O)N(C)C2)c(Br)c1=O. The van der Waals surface area contributed by atoms with Crippen molar-refractivity contribution in [2.75, 3.05) is 18.9 Å². The average molecular weight is 339 g/mol. The molecule has 0 aliphatic carbocycles. The van der Waals surface area contributed by atoms with E-state index in [1.165, 1.54) is 4.68 Å². The van der Waals surface area contributed by atoms with Crippen LogP contribution in [-0.2, 0) is 11.3 Å². The predicted octanol–water partition coefficient (Wildman–Crippen LogP) is 0.672. The van der Waals surface area contributed by atoms with Gasteiger partial charge >= 0.3 is 0 Å². The zero-order valence-electron chi connectivity index (χ0n) is 11.1. The monoisotopic (exact) mass is 338 g/mol. The standard InChI is InChI=1S/C13H15BrN4O2/c1-3-6-18-13(20)12(14)10(7-15-18)16-9-4-5-11(19)17(2)8-9/h1,7,9,16H,4-6,8H2,2H3. The van der Waals surface area contributed by atoms with Gasteiger partial charge in [-0.15, -0.1) is 6.42 Å². The minimum absolute atomic E-state index is 0.110. The van der Waals surface area contributed by atoms with Crippen molar-refractivity contribution in [2.45, 2.75) is 25.4 Å². The summed E-state index contributed by atoms with van der Waals surface area (Å²) in [6.07, 6.45) is 7.99. The first kappa shape index (κ1) is 14.6. The molecule has 0 radical (unpaired) electrons. The van der Waals surface area contributed by atoms with Crippen molar-refractivity contribution in [3.8, 4) is 12.3 Å². The molecule has 1 unspecified atom stereocenters. The number of anilines is 1. The number of rotatable bonds is 3. The Hall–Kier alpha value is -1.81. The van der Waals surface area contributed by atoms with Gasteiger partial charge in [-0.1, -0.05) is 5.92 Å². The number of hydrogen-bond acceptors (Lipinski definition) is 4. The van der Waals surface area contributed by atoms with E-state index in [2.05, 4.69) is 32.3 Å². The summed E-state index contributed by atoms with van der Waals surface area (Å²) < 4.78 is 1.62. The Bertz CT molecular complexity index is 620. The van der Waals surface area contributed by atoms with Crippen LogP contribution in [-0.4, -0.2) is 40.2 Å². The number of nitrogens with one attached hydrogen (secondary N) is 1. The highest BCUT2D eigenvalue weighted by molar-refractivity contribution is 9.10. The summed E-state index contributed by atoms with van der Waals surface area (Å²) in [4.78, 5) is 25.1. The molecule has 0 saturated carbocycles. The molecular weight excluding hydrogens is 324 g/mol. The Morgan fingerprint density at radius 2 is 2.35 bits per heavy atom. The highest BCUT2D eigenvalue weighted by Crippen LogP contribution is 2.20. The fourth-order valence-electron chi connectivity index (χ4n) is 2.11. The molecule has 7 heteroatoms. The van der Waals surface area contributed by atoms with Gasteiger partial charge in [-0.3, -0.25) is 9.59 Å². The number of piperidine rings is 1. The zero-order chi connectivity index (χ0) is 14.7. The second-order valence-corrected chi connectivity index (χ2v) is 5.49. The van der Waals surface area contributed by atoms with Crippen LogP contribution in [0.2, 0.25) is 0 Å². The van der Waals surface area contributed by atoms with Gasteiger partial charge in [-0.25, -0.2) is 4.68 Å². The number of likely N-dealkylation sites (N-methyl/N-ethyl adjacent to an activating group) is 1. The summed E-state index contributed by atoms with van der Waals surface area (Å²) in [7, 11) is 1.77. The number of hydrogen-bond donors (Lipinski definition) is 1. The molecule has 0 aromatic carbocycles. The van der Waals surface area contributed by atoms with Crippen molar-refractivity contribution in [3.05, 3.63) is 21.0 Å². The summed E-state index contributed by atoms with van der Waals surface area (Å²) in [5.74, 6) is 2.52. The molecule has 1 aliphatic rings. The molecule has 106 valence electrons. The Labute approximate surface area is 125 Å². The van der Waals surface area contributed by atoms with Crippen LogP contribution in [0.5, 0.6) is 0 Å². The van der Waals surface area contributed by atoms with Crippen LogP contribution in [0.15, 0.2) is 15.5 Å².